The van der Waals surface area contributed by atoms with Crippen LogP contribution in [0.3, 0.4) is 0 Å². The normalized spacial score (nSPS) is 23.0. The summed E-state index contributed by atoms with van der Waals surface area (Å²) in [7, 11) is -5.12. The molecule has 6 unspecified atom stereocenters. The van der Waals surface area contributed by atoms with Crippen LogP contribution in [-0.2, 0) is 32.7 Å². The van der Waals surface area contributed by atoms with E-state index in [0.29, 0.717) is 12.8 Å². The highest BCUT2D eigenvalue weighted by molar-refractivity contribution is 7.47. The smallest absolute Gasteiger partial charge is 0.462 e. The van der Waals surface area contributed by atoms with Crippen LogP contribution in [0, 0.1) is 0 Å². The summed E-state index contributed by atoms with van der Waals surface area (Å²) in [5, 5.41) is 50.0. The molecule has 8 atom stereocenters. The lowest BCUT2D eigenvalue weighted by Crippen LogP contribution is -2.64. The average molecular weight is 833 g/mol. The molecule has 1 aliphatic carbocycles. The number of carbonyl (C=O) groups excluding carboxylic acids is 2. The molecule has 0 aromatic carbocycles. The van der Waals surface area contributed by atoms with Crippen LogP contribution in [0.2, 0.25) is 0 Å². The molecule has 1 aliphatic rings. The molecule has 0 amide bonds. The third-order valence-corrected chi connectivity index (χ3v) is 10.9. The summed E-state index contributed by atoms with van der Waals surface area (Å²) >= 11 is 0. The minimum Gasteiger partial charge on any atom is -0.462 e. The van der Waals surface area contributed by atoms with Gasteiger partial charge in [-0.15, -0.1) is 0 Å². The second kappa shape index (κ2) is 33.9. The van der Waals surface area contributed by atoms with E-state index in [-0.39, 0.29) is 12.8 Å². The Labute approximate surface area is 342 Å². The lowest BCUT2D eigenvalue weighted by Gasteiger charge is -2.41. The first-order valence-corrected chi connectivity index (χ1v) is 23.3. The summed E-state index contributed by atoms with van der Waals surface area (Å²) in [6, 6.07) is 0. The summed E-state index contributed by atoms with van der Waals surface area (Å²) in [5.74, 6) is -1.14. The fourth-order valence-electron chi connectivity index (χ4n) is 6.37. The lowest BCUT2D eigenvalue weighted by atomic mass is 9.85. The van der Waals surface area contributed by atoms with Gasteiger partial charge in [0.15, 0.2) is 6.10 Å². The van der Waals surface area contributed by atoms with E-state index in [1.807, 2.05) is 0 Å². The highest BCUT2D eigenvalue weighted by Gasteiger charge is 2.51. The number of phosphoric ester groups is 1. The zero-order valence-corrected chi connectivity index (χ0v) is 35.8. The maximum absolute atomic E-state index is 12.8. The van der Waals surface area contributed by atoms with Crippen LogP contribution in [0.1, 0.15) is 168 Å². The summed E-state index contributed by atoms with van der Waals surface area (Å²) < 4.78 is 33.4. The Balaban J connectivity index is 2.51. The van der Waals surface area contributed by atoms with Crippen molar-refractivity contribution in [2.45, 2.75) is 211 Å². The minimum absolute atomic E-state index is 0.0731. The summed E-state index contributed by atoms with van der Waals surface area (Å²) in [6.45, 7) is 3.22. The number of esters is 2. The van der Waals surface area contributed by atoms with Crippen molar-refractivity contribution >= 4 is 19.8 Å². The molecule has 14 heteroatoms. The number of hydrogen-bond acceptors (Lipinski definition) is 12. The quantitative estimate of drug-likeness (QED) is 0.0156. The second-order valence-electron chi connectivity index (χ2n) is 15.2. The lowest BCUT2D eigenvalue weighted by molar-refractivity contribution is -0.220. The number of aliphatic hydroxyl groups is 5. The Bertz CT molecular complexity index is 1150. The van der Waals surface area contributed by atoms with E-state index in [4.69, 9.17) is 18.5 Å². The van der Waals surface area contributed by atoms with Gasteiger partial charge in [0.1, 0.15) is 43.2 Å². The van der Waals surface area contributed by atoms with E-state index in [0.717, 1.165) is 70.6 Å². The standard InChI is InChI=1S/C43H77O13P/c1-3-5-7-9-11-13-15-17-18-20-21-23-25-27-29-31-36(44)53-33-35(34-54-57(51,52)56-43-41(49)39(47)38(46)40(48)42(43)50)55-37(45)32-30-28-26-24-22-19-16-14-12-10-8-6-4-2/h11,13,17-19,22,35,38-43,46-50H,3-10,12,14-16,20-21,23-34H2,1-2H3,(H,51,52)/b13-11+,18-17+,22-19+/t35-,38?,39-,40?,41?,42?,43?/m0/s1. The zero-order valence-electron chi connectivity index (χ0n) is 34.9. The average Bonchev–Trinajstić information content (AvgIpc) is 3.19. The van der Waals surface area contributed by atoms with Crippen LogP contribution < -0.4 is 0 Å². The molecular formula is C43H77O13P. The molecule has 1 saturated carbocycles. The van der Waals surface area contributed by atoms with Gasteiger partial charge in [0.25, 0.3) is 0 Å². The topological polar surface area (TPSA) is 210 Å². The van der Waals surface area contributed by atoms with Crippen molar-refractivity contribution < 1.29 is 63.1 Å². The molecule has 0 aromatic heterocycles. The number of allylic oxidation sites excluding steroid dienone is 6. The molecule has 0 saturated heterocycles. The molecular weight excluding hydrogens is 755 g/mol. The van der Waals surface area contributed by atoms with Gasteiger partial charge < -0.3 is 39.9 Å². The van der Waals surface area contributed by atoms with Crippen LogP contribution >= 0.6 is 7.82 Å². The van der Waals surface area contributed by atoms with Crippen molar-refractivity contribution in [3.63, 3.8) is 0 Å². The van der Waals surface area contributed by atoms with E-state index >= 15 is 0 Å². The molecule has 13 nitrogen and oxygen atoms in total. The Morgan fingerprint density at radius 2 is 0.947 bits per heavy atom. The molecule has 1 rings (SSSR count). The van der Waals surface area contributed by atoms with Gasteiger partial charge in [0, 0.05) is 12.8 Å². The van der Waals surface area contributed by atoms with E-state index < -0.39 is 75.7 Å². The predicted octanol–water partition coefficient (Wildman–Crippen LogP) is 7.83. The fourth-order valence-corrected chi connectivity index (χ4v) is 7.34. The minimum atomic E-state index is -5.12. The van der Waals surface area contributed by atoms with Crippen molar-refractivity contribution in [2.75, 3.05) is 13.2 Å². The van der Waals surface area contributed by atoms with E-state index in [2.05, 4.69) is 50.3 Å². The number of aliphatic hydroxyl groups excluding tert-OH is 5. The first kappa shape index (κ1) is 53.1. The number of ether oxygens (including phenoxy) is 2. The maximum Gasteiger partial charge on any atom is 0.472 e. The van der Waals surface area contributed by atoms with Crippen LogP contribution in [0.5, 0.6) is 0 Å². The van der Waals surface area contributed by atoms with Gasteiger partial charge in [0.2, 0.25) is 0 Å². The van der Waals surface area contributed by atoms with Crippen molar-refractivity contribution in [3.05, 3.63) is 36.5 Å². The van der Waals surface area contributed by atoms with E-state index in [9.17, 15) is 44.6 Å². The van der Waals surface area contributed by atoms with Crippen LogP contribution in [0.15, 0.2) is 36.5 Å². The number of unbranched alkanes of at least 4 members (excludes halogenated alkanes) is 17. The van der Waals surface area contributed by atoms with Gasteiger partial charge in [-0.3, -0.25) is 18.6 Å². The van der Waals surface area contributed by atoms with Gasteiger partial charge in [-0.2, -0.15) is 0 Å². The van der Waals surface area contributed by atoms with Crippen molar-refractivity contribution in [2.24, 2.45) is 0 Å². The number of phosphoric acid groups is 1. The van der Waals surface area contributed by atoms with Crippen molar-refractivity contribution in [1.82, 2.24) is 0 Å². The van der Waals surface area contributed by atoms with Crippen LogP contribution in [0.4, 0.5) is 0 Å². The van der Waals surface area contributed by atoms with E-state index in [1.54, 1.807) is 0 Å². The van der Waals surface area contributed by atoms with Gasteiger partial charge in [-0.1, -0.05) is 121 Å². The monoisotopic (exact) mass is 833 g/mol. The number of rotatable bonds is 35. The Morgan fingerprint density at radius 1 is 0.544 bits per heavy atom. The van der Waals surface area contributed by atoms with Gasteiger partial charge >= 0.3 is 19.8 Å². The molecule has 0 aliphatic heterocycles. The maximum atomic E-state index is 12.8. The van der Waals surface area contributed by atoms with Crippen molar-refractivity contribution in [3.8, 4) is 0 Å². The Morgan fingerprint density at radius 3 is 1.49 bits per heavy atom. The molecule has 1 fully saturated rings. The van der Waals surface area contributed by atoms with Crippen LogP contribution in [-0.4, -0.2) is 98.3 Å². The predicted molar refractivity (Wildman–Crippen MR) is 221 cm³/mol. The van der Waals surface area contributed by atoms with Crippen molar-refractivity contribution in [1.29, 1.82) is 0 Å². The third kappa shape index (κ3) is 26.7. The number of carbonyl (C=O) groups is 2. The summed E-state index contributed by atoms with van der Waals surface area (Å²) in [6.07, 6.45) is 23.5. The highest BCUT2D eigenvalue weighted by Crippen LogP contribution is 2.47. The molecule has 0 spiro atoms. The molecule has 332 valence electrons. The molecule has 57 heavy (non-hydrogen) atoms. The van der Waals surface area contributed by atoms with Gasteiger partial charge in [0.05, 0.1) is 6.61 Å². The summed E-state index contributed by atoms with van der Waals surface area (Å²) in [4.78, 5) is 35.6. The third-order valence-electron chi connectivity index (χ3n) is 9.95. The Hall–Kier alpha value is -1.93. The molecule has 0 aromatic rings. The van der Waals surface area contributed by atoms with E-state index in [1.165, 1.54) is 57.8 Å². The fraction of sp³-hybridized carbons (Fsp3) is 0.814. The first-order chi connectivity index (χ1) is 27.4. The van der Waals surface area contributed by atoms with Gasteiger partial charge in [-0.25, -0.2) is 4.57 Å². The molecule has 0 bridgehead atoms. The zero-order chi connectivity index (χ0) is 42.2. The highest BCUT2D eigenvalue weighted by atomic mass is 31.2. The van der Waals surface area contributed by atoms with Crippen LogP contribution in [0.25, 0.3) is 0 Å². The largest absolute Gasteiger partial charge is 0.472 e. The molecule has 6 N–H and O–H groups in total. The second-order valence-corrected chi connectivity index (χ2v) is 16.6. The molecule has 0 heterocycles. The number of hydrogen-bond donors (Lipinski definition) is 6. The first-order valence-electron chi connectivity index (χ1n) is 21.8. The molecule has 0 radical (unpaired) electrons. The SMILES string of the molecule is CCCCC/C=C/C/C=C/CCCCCCCC(=O)OC[C@@H](COP(=O)(O)OC1C(O)C(O)C(O)[C@H](O)C1O)OC(=O)CCCCC/C=C/CCCCCCCC. The summed E-state index contributed by atoms with van der Waals surface area (Å²) in [5.41, 5.74) is 0. The Kier molecular flexibility index (Phi) is 31.5. The van der Waals surface area contributed by atoms with Gasteiger partial charge in [-0.05, 0) is 70.6 Å².